The standard InChI is InChI=1S/C33H39NO/c1-22-30-19-27-12-13-28(20-31(27)33(22,2)16-14-26(30)18-24-6-7-24)32(35)5-3-4-23-8-10-25(11-9-23)29-15-17-34-21-29/h8-13,15,20-22,24,26,30H,3-7,14,16-19H2,1-2H3/t22-,26-,30+,33-/m0/s1. The van der Waals surface area contributed by atoms with Crippen molar-refractivity contribution in [1.29, 1.82) is 0 Å². The van der Waals surface area contributed by atoms with E-state index in [1.54, 1.807) is 0 Å². The highest BCUT2D eigenvalue weighted by molar-refractivity contribution is 6.11. The fraction of sp³-hybridized carbons (Fsp3) is 0.515. The van der Waals surface area contributed by atoms with E-state index in [1.165, 1.54) is 66.4 Å². The van der Waals surface area contributed by atoms with Crippen LogP contribution in [0.25, 0.3) is 5.57 Å². The van der Waals surface area contributed by atoms with Crippen LogP contribution in [0.1, 0.15) is 91.4 Å². The number of allylic oxidation sites excluding steroid dienone is 1. The van der Waals surface area contributed by atoms with Crippen molar-refractivity contribution in [3.63, 3.8) is 0 Å². The molecule has 2 aromatic rings. The molecule has 4 atom stereocenters. The lowest BCUT2D eigenvalue weighted by atomic mass is 9.51. The third-order valence-electron chi connectivity index (χ3n) is 9.93. The van der Waals surface area contributed by atoms with Crippen LogP contribution >= 0.6 is 0 Å². The van der Waals surface area contributed by atoms with Crippen molar-refractivity contribution < 1.29 is 4.79 Å². The quantitative estimate of drug-likeness (QED) is 0.368. The number of aliphatic imine (C=N–C) groups is 1. The summed E-state index contributed by atoms with van der Waals surface area (Å²) < 4.78 is 0. The molecule has 2 nitrogen and oxygen atoms in total. The zero-order chi connectivity index (χ0) is 24.0. The highest BCUT2D eigenvalue weighted by atomic mass is 16.1. The van der Waals surface area contributed by atoms with E-state index in [1.807, 2.05) is 6.21 Å². The molecule has 0 unspecified atom stereocenters. The van der Waals surface area contributed by atoms with E-state index in [0.717, 1.165) is 42.7 Å². The Kier molecular flexibility index (Phi) is 6.03. The summed E-state index contributed by atoms with van der Waals surface area (Å²) in [4.78, 5) is 17.4. The topological polar surface area (TPSA) is 29.4 Å². The maximum Gasteiger partial charge on any atom is 0.162 e. The number of carbonyl (C=O) groups is 1. The molecule has 35 heavy (non-hydrogen) atoms. The van der Waals surface area contributed by atoms with Crippen molar-refractivity contribution in [2.24, 2.45) is 28.7 Å². The second-order valence-corrected chi connectivity index (χ2v) is 12.1. The van der Waals surface area contributed by atoms with Gasteiger partial charge in [0, 0.05) is 18.2 Å². The van der Waals surface area contributed by atoms with Gasteiger partial charge < -0.3 is 0 Å². The molecule has 0 saturated heterocycles. The fourth-order valence-electron chi connectivity index (χ4n) is 7.33. The second kappa shape index (κ2) is 9.19. The summed E-state index contributed by atoms with van der Waals surface area (Å²) in [5, 5.41) is 0. The van der Waals surface area contributed by atoms with Crippen molar-refractivity contribution in [1.82, 2.24) is 0 Å². The fourth-order valence-corrected chi connectivity index (χ4v) is 7.33. The van der Waals surface area contributed by atoms with Gasteiger partial charge in [0.15, 0.2) is 5.78 Å². The Balaban J connectivity index is 1.10. The largest absolute Gasteiger partial charge is 0.294 e. The van der Waals surface area contributed by atoms with Gasteiger partial charge in [0.2, 0.25) is 0 Å². The third-order valence-corrected chi connectivity index (χ3v) is 9.93. The van der Waals surface area contributed by atoms with Crippen molar-refractivity contribution in [2.75, 3.05) is 6.54 Å². The molecule has 1 aliphatic heterocycles. The number of ketones is 1. The zero-order valence-electron chi connectivity index (χ0n) is 21.4. The Morgan fingerprint density at radius 1 is 1.09 bits per heavy atom. The molecular weight excluding hydrogens is 426 g/mol. The summed E-state index contributed by atoms with van der Waals surface area (Å²) in [7, 11) is 0. The van der Waals surface area contributed by atoms with Gasteiger partial charge in [-0.1, -0.05) is 69.2 Å². The molecule has 2 aromatic carbocycles. The number of aryl methyl sites for hydroxylation is 1. The monoisotopic (exact) mass is 465 g/mol. The maximum atomic E-state index is 13.2. The smallest absolute Gasteiger partial charge is 0.162 e. The van der Waals surface area contributed by atoms with Crippen LogP contribution in [-0.2, 0) is 18.3 Å². The minimum atomic E-state index is 0.232. The highest BCUT2D eigenvalue weighted by Gasteiger charge is 2.49. The number of carbonyl (C=O) groups excluding carboxylic acids is 1. The van der Waals surface area contributed by atoms with Crippen LogP contribution in [0.4, 0.5) is 0 Å². The van der Waals surface area contributed by atoms with Gasteiger partial charge >= 0.3 is 0 Å². The predicted octanol–water partition coefficient (Wildman–Crippen LogP) is 7.64. The van der Waals surface area contributed by atoms with Crippen LogP contribution < -0.4 is 0 Å². The lowest BCUT2D eigenvalue weighted by molar-refractivity contribution is 0.0594. The number of nitrogens with zero attached hydrogens (tertiary/aromatic N) is 1. The molecule has 4 aliphatic rings. The molecule has 0 N–H and O–H groups in total. The van der Waals surface area contributed by atoms with Gasteiger partial charge in [-0.25, -0.2) is 0 Å². The van der Waals surface area contributed by atoms with E-state index in [9.17, 15) is 4.79 Å². The summed E-state index contributed by atoms with van der Waals surface area (Å²) >= 11 is 0. The number of fused-ring (bicyclic) bond motifs is 4. The number of benzene rings is 2. The average molecular weight is 466 g/mol. The van der Waals surface area contributed by atoms with Gasteiger partial charge in [-0.3, -0.25) is 9.79 Å². The van der Waals surface area contributed by atoms with E-state index in [4.69, 9.17) is 0 Å². The summed E-state index contributed by atoms with van der Waals surface area (Å²) in [6.45, 7) is 5.78. The number of rotatable bonds is 8. The van der Waals surface area contributed by atoms with Gasteiger partial charge in [-0.05, 0) is 102 Å². The molecule has 0 aromatic heterocycles. The van der Waals surface area contributed by atoms with Crippen LogP contribution in [0.5, 0.6) is 0 Å². The molecule has 2 saturated carbocycles. The Morgan fingerprint density at radius 3 is 2.66 bits per heavy atom. The van der Waals surface area contributed by atoms with E-state index < -0.39 is 0 Å². The zero-order valence-corrected chi connectivity index (χ0v) is 21.4. The molecule has 0 spiro atoms. The lowest BCUT2D eigenvalue weighted by Crippen LogP contribution is -2.48. The molecule has 2 fully saturated rings. The van der Waals surface area contributed by atoms with Crippen LogP contribution in [0.2, 0.25) is 0 Å². The molecular formula is C33H39NO. The number of hydrogen-bond donors (Lipinski definition) is 0. The van der Waals surface area contributed by atoms with Gasteiger partial charge in [0.05, 0.1) is 6.54 Å². The molecule has 2 heteroatoms. The van der Waals surface area contributed by atoms with Crippen LogP contribution in [0, 0.1) is 23.7 Å². The van der Waals surface area contributed by atoms with Crippen molar-refractivity contribution in [3.05, 3.63) is 76.4 Å². The Hall–Kier alpha value is -2.48. The van der Waals surface area contributed by atoms with Crippen LogP contribution in [0.3, 0.4) is 0 Å². The molecule has 0 amide bonds. The third kappa shape index (κ3) is 4.46. The normalized spacial score (nSPS) is 29.1. The van der Waals surface area contributed by atoms with Crippen molar-refractivity contribution in [3.8, 4) is 0 Å². The minimum Gasteiger partial charge on any atom is -0.294 e. The van der Waals surface area contributed by atoms with Crippen LogP contribution in [-0.4, -0.2) is 18.5 Å². The number of Topliss-reactive ketones (excluding diaryl/α,β-unsaturated/α-hetero) is 1. The summed E-state index contributed by atoms with van der Waals surface area (Å²) in [5.74, 6) is 3.78. The van der Waals surface area contributed by atoms with Crippen molar-refractivity contribution >= 4 is 17.6 Å². The van der Waals surface area contributed by atoms with E-state index in [0.29, 0.717) is 18.1 Å². The molecule has 2 bridgehead atoms. The first-order valence-corrected chi connectivity index (χ1v) is 14.0. The van der Waals surface area contributed by atoms with Crippen LogP contribution in [0.15, 0.2) is 53.5 Å². The molecule has 0 radical (unpaired) electrons. The first-order chi connectivity index (χ1) is 17.0. The second-order valence-electron chi connectivity index (χ2n) is 12.1. The van der Waals surface area contributed by atoms with Crippen molar-refractivity contribution in [2.45, 2.75) is 77.0 Å². The van der Waals surface area contributed by atoms with E-state index >= 15 is 0 Å². The van der Waals surface area contributed by atoms with Gasteiger partial charge in [-0.15, -0.1) is 0 Å². The summed E-state index contributed by atoms with van der Waals surface area (Å²) in [6, 6.07) is 15.5. The highest BCUT2D eigenvalue weighted by Crippen LogP contribution is 2.56. The lowest BCUT2D eigenvalue weighted by Gasteiger charge is -2.53. The summed E-state index contributed by atoms with van der Waals surface area (Å²) in [5.41, 5.74) is 7.91. The summed E-state index contributed by atoms with van der Waals surface area (Å²) in [6.07, 6.45) is 14.9. The van der Waals surface area contributed by atoms with E-state index in [-0.39, 0.29) is 5.41 Å². The molecule has 6 rings (SSSR count). The van der Waals surface area contributed by atoms with E-state index in [2.05, 4.69) is 67.4 Å². The Morgan fingerprint density at radius 2 is 1.91 bits per heavy atom. The number of hydrogen-bond acceptors (Lipinski definition) is 2. The Bertz CT molecular complexity index is 1170. The minimum absolute atomic E-state index is 0.232. The van der Waals surface area contributed by atoms with Gasteiger partial charge in [0.25, 0.3) is 0 Å². The molecule has 3 aliphatic carbocycles. The Labute approximate surface area is 210 Å². The maximum absolute atomic E-state index is 13.2. The first-order valence-electron chi connectivity index (χ1n) is 14.0. The SMILES string of the molecule is C[C@H]1[C@H]2Cc3ccc(C(=O)CCCc4ccc(C5=CCN=C5)cc4)cc3[C@@]1(C)CC[C@H]2CC1CC1. The van der Waals surface area contributed by atoms with Gasteiger partial charge in [0.1, 0.15) is 0 Å². The first kappa shape index (κ1) is 23.0. The average Bonchev–Trinajstić information content (AvgIpc) is 3.52. The molecule has 182 valence electrons. The van der Waals surface area contributed by atoms with Gasteiger partial charge in [-0.2, -0.15) is 0 Å². The molecule has 1 heterocycles. The predicted molar refractivity (Wildman–Crippen MR) is 145 cm³/mol.